The predicted molar refractivity (Wildman–Crippen MR) is 74.8 cm³/mol. The fraction of sp³-hybridized carbons (Fsp3) is 0.733. The number of carbonyl (C=O) groups excluding carboxylic acids is 1. The molecule has 1 heterocycles. The van der Waals surface area contributed by atoms with Crippen LogP contribution in [0.4, 0.5) is 0 Å². The number of unbranched alkanes of at least 4 members (excludes halogenated alkanes) is 6. The van der Waals surface area contributed by atoms with Gasteiger partial charge in [-0.25, -0.2) is 0 Å². The summed E-state index contributed by atoms with van der Waals surface area (Å²) in [6, 6.07) is 0. The summed E-state index contributed by atoms with van der Waals surface area (Å²) in [4.78, 5) is 11.9. The molecule has 0 radical (unpaired) electrons. The monoisotopic (exact) mass is 250 g/mol. The molecule has 18 heavy (non-hydrogen) atoms. The first kappa shape index (κ1) is 14.9. The fourth-order valence-electron chi connectivity index (χ4n) is 2.07. The molecule has 102 valence electrons. The molecule has 0 aromatic carbocycles. The molecule has 3 nitrogen and oxygen atoms in total. The van der Waals surface area contributed by atoms with E-state index in [1.54, 1.807) is 10.9 Å². The van der Waals surface area contributed by atoms with Crippen molar-refractivity contribution in [2.24, 2.45) is 0 Å². The van der Waals surface area contributed by atoms with Gasteiger partial charge in [0.05, 0.1) is 11.8 Å². The summed E-state index contributed by atoms with van der Waals surface area (Å²) >= 11 is 0. The van der Waals surface area contributed by atoms with Gasteiger partial charge in [-0.1, -0.05) is 45.4 Å². The molecule has 0 saturated carbocycles. The van der Waals surface area contributed by atoms with Crippen molar-refractivity contribution in [1.29, 1.82) is 0 Å². The van der Waals surface area contributed by atoms with E-state index in [0.29, 0.717) is 6.42 Å². The highest BCUT2D eigenvalue weighted by molar-refractivity contribution is 5.95. The van der Waals surface area contributed by atoms with Gasteiger partial charge in [0.15, 0.2) is 5.78 Å². The van der Waals surface area contributed by atoms with Crippen molar-refractivity contribution in [2.45, 2.75) is 71.8 Å². The predicted octanol–water partition coefficient (Wildman–Crippen LogP) is 4.23. The van der Waals surface area contributed by atoms with Crippen LogP contribution >= 0.6 is 0 Å². The average Bonchev–Trinajstić information content (AvgIpc) is 2.86. The number of ketones is 1. The van der Waals surface area contributed by atoms with E-state index in [1.807, 2.05) is 13.1 Å². The standard InChI is InChI=1S/C15H26N2O/c1-3-5-6-7-8-9-10-11-15(18)14-12-16-17(4-2)13-14/h12-13H,3-11H2,1-2H3. The summed E-state index contributed by atoms with van der Waals surface area (Å²) < 4.78 is 1.80. The SMILES string of the molecule is CCCCCCCCCC(=O)c1cnn(CC)c1. The fourth-order valence-corrected chi connectivity index (χ4v) is 2.07. The van der Waals surface area contributed by atoms with Crippen LogP contribution in [0.2, 0.25) is 0 Å². The van der Waals surface area contributed by atoms with Crippen molar-refractivity contribution < 1.29 is 4.79 Å². The third-order valence-electron chi connectivity index (χ3n) is 3.29. The van der Waals surface area contributed by atoms with Gasteiger partial charge in [0.25, 0.3) is 0 Å². The lowest BCUT2D eigenvalue weighted by molar-refractivity contribution is 0.0979. The third kappa shape index (κ3) is 5.48. The second-order valence-electron chi connectivity index (χ2n) is 4.88. The van der Waals surface area contributed by atoms with Gasteiger partial charge in [-0.15, -0.1) is 0 Å². The minimum Gasteiger partial charge on any atom is -0.294 e. The lowest BCUT2D eigenvalue weighted by atomic mass is 10.1. The number of rotatable bonds is 10. The Morgan fingerprint density at radius 2 is 1.78 bits per heavy atom. The van der Waals surface area contributed by atoms with E-state index in [-0.39, 0.29) is 5.78 Å². The van der Waals surface area contributed by atoms with E-state index in [9.17, 15) is 4.79 Å². The van der Waals surface area contributed by atoms with E-state index in [2.05, 4.69) is 12.0 Å². The maximum Gasteiger partial charge on any atom is 0.166 e. The number of carbonyl (C=O) groups is 1. The van der Waals surface area contributed by atoms with Gasteiger partial charge in [0, 0.05) is 19.2 Å². The summed E-state index contributed by atoms with van der Waals surface area (Å²) in [7, 11) is 0. The summed E-state index contributed by atoms with van der Waals surface area (Å²) in [5.41, 5.74) is 0.767. The Hall–Kier alpha value is -1.12. The highest BCUT2D eigenvalue weighted by Crippen LogP contribution is 2.11. The topological polar surface area (TPSA) is 34.9 Å². The van der Waals surface area contributed by atoms with Crippen molar-refractivity contribution >= 4 is 5.78 Å². The van der Waals surface area contributed by atoms with Gasteiger partial charge >= 0.3 is 0 Å². The van der Waals surface area contributed by atoms with Crippen LogP contribution in [0, 0.1) is 0 Å². The maximum absolute atomic E-state index is 11.9. The van der Waals surface area contributed by atoms with E-state index in [4.69, 9.17) is 0 Å². The van der Waals surface area contributed by atoms with Crippen LogP contribution in [0.25, 0.3) is 0 Å². The van der Waals surface area contributed by atoms with Gasteiger partial charge in [0.1, 0.15) is 0 Å². The summed E-state index contributed by atoms with van der Waals surface area (Å²) in [5, 5.41) is 4.13. The molecule has 0 amide bonds. The number of hydrogen-bond acceptors (Lipinski definition) is 2. The van der Waals surface area contributed by atoms with Crippen LogP contribution in [-0.2, 0) is 6.54 Å². The first-order valence-corrected chi connectivity index (χ1v) is 7.33. The molecule has 0 atom stereocenters. The molecule has 0 unspecified atom stereocenters. The quantitative estimate of drug-likeness (QED) is 0.460. The molecule has 1 rings (SSSR count). The average molecular weight is 250 g/mol. The van der Waals surface area contributed by atoms with Crippen LogP contribution in [-0.4, -0.2) is 15.6 Å². The highest BCUT2D eigenvalue weighted by Gasteiger charge is 2.07. The van der Waals surface area contributed by atoms with Crippen molar-refractivity contribution in [3.05, 3.63) is 18.0 Å². The summed E-state index contributed by atoms with van der Waals surface area (Å²) in [6.07, 6.45) is 13.0. The van der Waals surface area contributed by atoms with Crippen molar-refractivity contribution in [1.82, 2.24) is 9.78 Å². The van der Waals surface area contributed by atoms with Gasteiger partial charge < -0.3 is 0 Å². The number of aromatic nitrogens is 2. The van der Waals surface area contributed by atoms with Crippen LogP contribution in [0.5, 0.6) is 0 Å². The Labute approximate surface area is 111 Å². The summed E-state index contributed by atoms with van der Waals surface area (Å²) in [6.45, 7) is 5.08. The number of Topliss-reactive ketones (excluding diaryl/α,β-unsaturated/α-hetero) is 1. The molecular weight excluding hydrogens is 224 g/mol. The Morgan fingerprint density at radius 3 is 2.39 bits per heavy atom. The van der Waals surface area contributed by atoms with Crippen LogP contribution in [0.15, 0.2) is 12.4 Å². The van der Waals surface area contributed by atoms with Crippen molar-refractivity contribution in [3.8, 4) is 0 Å². The van der Waals surface area contributed by atoms with Gasteiger partial charge in [-0.05, 0) is 13.3 Å². The van der Waals surface area contributed by atoms with Gasteiger partial charge in [-0.3, -0.25) is 9.48 Å². The molecule has 0 aliphatic rings. The molecule has 0 aliphatic carbocycles. The molecular formula is C15H26N2O. The molecule has 1 aromatic rings. The van der Waals surface area contributed by atoms with Crippen LogP contribution in [0.3, 0.4) is 0 Å². The minimum absolute atomic E-state index is 0.239. The molecule has 0 fully saturated rings. The third-order valence-corrected chi connectivity index (χ3v) is 3.29. The zero-order valence-electron chi connectivity index (χ0n) is 11.8. The Balaban J connectivity index is 2.10. The molecule has 0 N–H and O–H groups in total. The smallest absolute Gasteiger partial charge is 0.166 e. The Bertz CT molecular complexity index is 344. The van der Waals surface area contributed by atoms with E-state index in [1.165, 1.54) is 38.5 Å². The molecule has 0 aliphatic heterocycles. The first-order chi connectivity index (χ1) is 8.77. The minimum atomic E-state index is 0.239. The molecule has 0 bridgehead atoms. The van der Waals surface area contributed by atoms with E-state index in [0.717, 1.165) is 18.5 Å². The van der Waals surface area contributed by atoms with Crippen LogP contribution < -0.4 is 0 Å². The van der Waals surface area contributed by atoms with Crippen molar-refractivity contribution in [3.63, 3.8) is 0 Å². The Kier molecular flexibility index (Phi) is 7.38. The normalized spacial score (nSPS) is 10.8. The molecule has 0 saturated heterocycles. The summed E-state index contributed by atoms with van der Waals surface area (Å²) in [5.74, 6) is 0.239. The molecule has 1 aromatic heterocycles. The number of aryl methyl sites for hydroxylation is 1. The zero-order chi connectivity index (χ0) is 13.2. The maximum atomic E-state index is 11.9. The first-order valence-electron chi connectivity index (χ1n) is 7.33. The van der Waals surface area contributed by atoms with Gasteiger partial charge in [0.2, 0.25) is 0 Å². The lowest BCUT2D eigenvalue weighted by Crippen LogP contribution is -1.98. The number of hydrogen-bond donors (Lipinski definition) is 0. The molecule has 3 heteroatoms. The molecule has 0 spiro atoms. The lowest BCUT2D eigenvalue weighted by Gasteiger charge is -2.00. The number of nitrogens with zero attached hydrogens (tertiary/aromatic N) is 2. The van der Waals surface area contributed by atoms with Crippen molar-refractivity contribution in [2.75, 3.05) is 0 Å². The van der Waals surface area contributed by atoms with E-state index < -0.39 is 0 Å². The van der Waals surface area contributed by atoms with Gasteiger partial charge in [-0.2, -0.15) is 5.10 Å². The largest absolute Gasteiger partial charge is 0.294 e. The van der Waals surface area contributed by atoms with Crippen LogP contribution in [0.1, 0.15) is 75.6 Å². The Morgan fingerprint density at radius 1 is 1.11 bits per heavy atom. The van der Waals surface area contributed by atoms with E-state index >= 15 is 0 Å². The zero-order valence-corrected chi connectivity index (χ0v) is 11.8. The second-order valence-corrected chi connectivity index (χ2v) is 4.88. The highest BCUT2D eigenvalue weighted by atomic mass is 16.1. The second kappa shape index (κ2) is 8.90.